The zero-order chi connectivity index (χ0) is 12.8. The van der Waals surface area contributed by atoms with E-state index in [1.807, 2.05) is 25.5 Å². The predicted octanol–water partition coefficient (Wildman–Crippen LogP) is 2.76. The number of aryl methyl sites for hydroxylation is 1. The van der Waals surface area contributed by atoms with Crippen molar-refractivity contribution in [2.45, 2.75) is 25.9 Å². The number of benzene rings is 1. The highest BCUT2D eigenvalue weighted by molar-refractivity contribution is 5.19. The average Bonchev–Trinajstić information content (AvgIpc) is 2.87. The fraction of sp³-hybridized carbons (Fsp3) is 0.357. The Labute approximate surface area is 107 Å². The van der Waals surface area contributed by atoms with Crippen molar-refractivity contribution < 1.29 is 4.39 Å². The van der Waals surface area contributed by atoms with Crippen molar-refractivity contribution in [3.05, 3.63) is 54.4 Å². The quantitative estimate of drug-likeness (QED) is 0.795. The summed E-state index contributed by atoms with van der Waals surface area (Å²) in [5.74, 6) is -0.181. The van der Waals surface area contributed by atoms with Gasteiger partial charge in [-0.05, 0) is 37.6 Å². The molecule has 0 bridgehead atoms. The Kier molecular flexibility index (Phi) is 4.47. The van der Waals surface area contributed by atoms with Crippen LogP contribution in [0.5, 0.6) is 0 Å². The maximum atomic E-state index is 13.1. The molecule has 0 unspecified atom stereocenters. The molecule has 18 heavy (non-hydrogen) atoms. The molecule has 0 aliphatic rings. The van der Waals surface area contributed by atoms with E-state index in [1.165, 1.54) is 6.07 Å². The summed E-state index contributed by atoms with van der Waals surface area (Å²) in [6.07, 6.45) is 6.57. The summed E-state index contributed by atoms with van der Waals surface area (Å²) in [7, 11) is 0. The van der Waals surface area contributed by atoms with Crippen molar-refractivity contribution in [2.24, 2.45) is 0 Å². The highest BCUT2D eigenvalue weighted by Crippen LogP contribution is 2.13. The van der Waals surface area contributed by atoms with Gasteiger partial charge >= 0.3 is 0 Å². The van der Waals surface area contributed by atoms with Crippen molar-refractivity contribution in [3.8, 4) is 0 Å². The van der Waals surface area contributed by atoms with Gasteiger partial charge in [0.25, 0.3) is 0 Å². The first kappa shape index (κ1) is 12.8. The minimum absolute atomic E-state index is 0.170. The highest BCUT2D eigenvalue weighted by Gasteiger charge is 2.04. The largest absolute Gasteiger partial charge is 0.337 e. The fourth-order valence-corrected chi connectivity index (χ4v) is 1.89. The topological polar surface area (TPSA) is 29.9 Å². The number of hydrogen-bond acceptors (Lipinski definition) is 2. The van der Waals surface area contributed by atoms with Gasteiger partial charge in [0.05, 0.1) is 6.33 Å². The lowest BCUT2D eigenvalue weighted by atomic mass is 10.1. The molecule has 1 N–H and O–H groups in total. The maximum Gasteiger partial charge on any atom is 0.123 e. The van der Waals surface area contributed by atoms with Crippen molar-refractivity contribution in [1.29, 1.82) is 0 Å². The Morgan fingerprint density at radius 3 is 3.06 bits per heavy atom. The van der Waals surface area contributed by atoms with E-state index in [-0.39, 0.29) is 11.9 Å². The van der Waals surface area contributed by atoms with Crippen molar-refractivity contribution in [3.63, 3.8) is 0 Å². The first-order valence-electron chi connectivity index (χ1n) is 6.20. The lowest BCUT2D eigenvalue weighted by molar-refractivity contribution is 0.523. The monoisotopic (exact) mass is 247 g/mol. The van der Waals surface area contributed by atoms with E-state index in [0.717, 1.165) is 25.1 Å². The van der Waals surface area contributed by atoms with E-state index in [4.69, 9.17) is 0 Å². The van der Waals surface area contributed by atoms with Gasteiger partial charge in [-0.2, -0.15) is 0 Å². The van der Waals surface area contributed by atoms with Crippen LogP contribution in [0, 0.1) is 5.82 Å². The number of nitrogens with zero attached hydrogens (tertiary/aromatic N) is 2. The summed E-state index contributed by atoms with van der Waals surface area (Å²) in [5, 5.41) is 3.39. The molecule has 2 rings (SSSR count). The molecule has 0 saturated carbocycles. The van der Waals surface area contributed by atoms with Crippen molar-refractivity contribution in [2.75, 3.05) is 6.54 Å². The van der Waals surface area contributed by atoms with E-state index in [2.05, 4.69) is 14.9 Å². The molecule has 2 aromatic rings. The lowest BCUT2D eigenvalue weighted by Crippen LogP contribution is -2.21. The number of rotatable bonds is 6. The Bertz CT molecular complexity index is 468. The molecular formula is C14H18FN3. The van der Waals surface area contributed by atoms with Crippen LogP contribution in [0.1, 0.15) is 24.9 Å². The summed E-state index contributed by atoms with van der Waals surface area (Å²) >= 11 is 0. The predicted molar refractivity (Wildman–Crippen MR) is 69.7 cm³/mol. The first-order chi connectivity index (χ1) is 8.75. The molecule has 0 fully saturated rings. The summed E-state index contributed by atoms with van der Waals surface area (Å²) in [6.45, 7) is 3.89. The molecule has 0 radical (unpaired) electrons. The van der Waals surface area contributed by atoms with Crippen LogP contribution in [0.2, 0.25) is 0 Å². The average molecular weight is 247 g/mol. The van der Waals surface area contributed by atoms with Gasteiger partial charge < -0.3 is 9.88 Å². The normalized spacial score (nSPS) is 12.6. The van der Waals surface area contributed by atoms with E-state index < -0.39 is 0 Å². The van der Waals surface area contributed by atoms with Crippen LogP contribution >= 0.6 is 0 Å². The maximum absolute atomic E-state index is 13.1. The van der Waals surface area contributed by atoms with Gasteiger partial charge in [-0.1, -0.05) is 12.1 Å². The molecule has 1 heterocycles. The van der Waals surface area contributed by atoms with Crippen LogP contribution in [-0.4, -0.2) is 16.1 Å². The second-order valence-electron chi connectivity index (χ2n) is 4.38. The molecule has 0 amide bonds. The molecule has 1 aromatic carbocycles. The van der Waals surface area contributed by atoms with Crippen LogP contribution in [-0.2, 0) is 6.54 Å². The van der Waals surface area contributed by atoms with Gasteiger partial charge in [0, 0.05) is 25.0 Å². The number of aromatic nitrogens is 2. The molecule has 0 aliphatic carbocycles. The van der Waals surface area contributed by atoms with E-state index in [9.17, 15) is 4.39 Å². The summed E-state index contributed by atoms with van der Waals surface area (Å²) in [5.41, 5.74) is 0.984. The Morgan fingerprint density at radius 2 is 2.33 bits per heavy atom. The van der Waals surface area contributed by atoms with E-state index in [0.29, 0.717) is 0 Å². The van der Waals surface area contributed by atoms with Crippen LogP contribution in [0.4, 0.5) is 4.39 Å². The first-order valence-corrected chi connectivity index (χ1v) is 6.20. The van der Waals surface area contributed by atoms with Crippen LogP contribution in [0.3, 0.4) is 0 Å². The third kappa shape index (κ3) is 3.67. The second kappa shape index (κ2) is 6.31. The summed E-state index contributed by atoms with van der Waals surface area (Å²) in [6, 6.07) is 6.90. The molecule has 1 aromatic heterocycles. The second-order valence-corrected chi connectivity index (χ2v) is 4.38. The van der Waals surface area contributed by atoms with Crippen molar-refractivity contribution >= 4 is 0 Å². The van der Waals surface area contributed by atoms with Crippen LogP contribution in [0.25, 0.3) is 0 Å². The van der Waals surface area contributed by atoms with Gasteiger partial charge in [0.15, 0.2) is 0 Å². The third-order valence-electron chi connectivity index (χ3n) is 2.95. The number of nitrogens with one attached hydrogen (secondary N) is 1. The zero-order valence-corrected chi connectivity index (χ0v) is 10.5. The molecule has 3 nitrogen and oxygen atoms in total. The number of imidazole rings is 1. The minimum atomic E-state index is -0.181. The van der Waals surface area contributed by atoms with E-state index >= 15 is 0 Å². The number of halogens is 1. The Balaban J connectivity index is 1.73. The third-order valence-corrected chi connectivity index (χ3v) is 2.95. The smallest absolute Gasteiger partial charge is 0.123 e. The fourth-order valence-electron chi connectivity index (χ4n) is 1.89. The zero-order valence-electron chi connectivity index (χ0n) is 10.5. The highest BCUT2D eigenvalue weighted by atomic mass is 19.1. The van der Waals surface area contributed by atoms with Crippen LogP contribution in [0.15, 0.2) is 43.0 Å². The molecule has 1 atom stereocenters. The summed E-state index contributed by atoms with van der Waals surface area (Å²) in [4.78, 5) is 3.99. The van der Waals surface area contributed by atoms with Gasteiger partial charge in [-0.3, -0.25) is 0 Å². The molecule has 0 saturated heterocycles. The molecule has 96 valence electrons. The Morgan fingerprint density at radius 1 is 1.44 bits per heavy atom. The van der Waals surface area contributed by atoms with Crippen molar-refractivity contribution in [1.82, 2.24) is 14.9 Å². The SMILES string of the molecule is C[C@@H](NCCCn1ccnc1)c1cccc(F)c1. The van der Waals surface area contributed by atoms with Gasteiger partial charge in [0.1, 0.15) is 5.82 Å². The van der Waals surface area contributed by atoms with Gasteiger partial charge in [-0.15, -0.1) is 0 Å². The Hall–Kier alpha value is -1.68. The molecule has 4 heteroatoms. The molecular weight excluding hydrogens is 229 g/mol. The molecule has 0 spiro atoms. The van der Waals surface area contributed by atoms with Gasteiger partial charge in [0.2, 0.25) is 0 Å². The van der Waals surface area contributed by atoms with E-state index in [1.54, 1.807) is 18.3 Å². The molecule has 0 aliphatic heterocycles. The standard InChI is InChI=1S/C14H18FN3/c1-12(13-4-2-5-14(15)10-13)17-6-3-8-18-9-7-16-11-18/h2,4-5,7,9-12,17H,3,6,8H2,1H3/t12-/m1/s1. The summed E-state index contributed by atoms with van der Waals surface area (Å²) < 4.78 is 15.1. The number of hydrogen-bond donors (Lipinski definition) is 1. The lowest BCUT2D eigenvalue weighted by Gasteiger charge is -2.14. The van der Waals surface area contributed by atoms with Gasteiger partial charge in [-0.25, -0.2) is 9.37 Å². The minimum Gasteiger partial charge on any atom is -0.337 e. The van der Waals surface area contributed by atoms with Crippen LogP contribution < -0.4 is 5.32 Å².